The third-order valence-electron chi connectivity index (χ3n) is 3.34. The number of aryl methyl sites for hydroxylation is 1. The predicted octanol–water partition coefficient (Wildman–Crippen LogP) is 3.08. The average molecular weight is 273 g/mol. The van der Waals surface area contributed by atoms with Crippen molar-refractivity contribution in [1.82, 2.24) is 14.9 Å². The van der Waals surface area contributed by atoms with Crippen LogP contribution >= 0.6 is 0 Å². The molecule has 4 heteroatoms. The fourth-order valence-electron chi connectivity index (χ4n) is 2.28. The molecule has 0 unspecified atom stereocenters. The number of imidazole rings is 1. The highest BCUT2D eigenvalue weighted by molar-refractivity contribution is 5.59. The fraction of sp³-hybridized carbons (Fsp3) is 0.438. The second kappa shape index (κ2) is 7.10. The van der Waals surface area contributed by atoms with Crippen molar-refractivity contribution in [2.75, 3.05) is 13.7 Å². The molecule has 0 saturated carbocycles. The van der Waals surface area contributed by atoms with Gasteiger partial charge in [-0.15, -0.1) is 0 Å². The molecule has 1 aromatic carbocycles. The second-order valence-corrected chi connectivity index (χ2v) is 4.74. The summed E-state index contributed by atoms with van der Waals surface area (Å²) in [6.45, 7) is 7.04. The summed E-state index contributed by atoms with van der Waals surface area (Å²) in [6.07, 6.45) is 4.98. The number of rotatable bonds is 7. The number of hydrogen-bond donors (Lipinski definition) is 1. The summed E-state index contributed by atoms with van der Waals surface area (Å²) in [5, 5.41) is 3.42. The van der Waals surface area contributed by atoms with E-state index in [9.17, 15) is 0 Å². The Bertz CT molecular complexity index is 548. The van der Waals surface area contributed by atoms with Crippen LogP contribution in [0.3, 0.4) is 0 Å². The van der Waals surface area contributed by atoms with Gasteiger partial charge in [-0.3, -0.25) is 0 Å². The third-order valence-corrected chi connectivity index (χ3v) is 3.34. The van der Waals surface area contributed by atoms with Gasteiger partial charge in [0, 0.05) is 36.6 Å². The molecular weight excluding hydrogens is 250 g/mol. The molecule has 1 heterocycles. The van der Waals surface area contributed by atoms with Gasteiger partial charge in [0.15, 0.2) is 0 Å². The molecule has 0 aliphatic carbocycles. The Labute approximate surface area is 120 Å². The second-order valence-electron chi connectivity index (χ2n) is 4.74. The molecule has 0 saturated heterocycles. The standard InChI is InChI=1S/C16H23N3O/c1-4-8-17-12-14-11-13(6-7-15(14)20-3)16-18-9-10-19(16)5-2/h6-7,9-11,17H,4-5,8,12H2,1-3H3. The van der Waals surface area contributed by atoms with Crippen LogP contribution < -0.4 is 10.1 Å². The molecule has 0 bridgehead atoms. The third kappa shape index (κ3) is 3.20. The normalized spacial score (nSPS) is 10.8. The Morgan fingerprint density at radius 2 is 2.15 bits per heavy atom. The lowest BCUT2D eigenvalue weighted by Crippen LogP contribution is -2.14. The van der Waals surface area contributed by atoms with Crippen molar-refractivity contribution in [1.29, 1.82) is 0 Å². The van der Waals surface area contributed by atoms with Crippen LogP contribution in [0.1, 0.15) is 25.8 Å². The minimum atomic E-state index is 0.817. The summed E-state index contributed by atoms with van der Waals surface area (Å²) in [6, 6.07) is 6.25. The highest BCUT2D eigenvalue weighted by atomic mass is 16.5. The fourth-order valence-corrected chi connectivity index (χ4v) is 2.28. The van der Waals surface area contributed by atoms with Crippen LogP contribution in [0, 0.1) is 0 Å². The minimum Gasteiger partial charge on any atom is -0.496 e. The smallest absolute Gasteiger partial charge is 0.139 e. The van der Waals surface area contributed by atoms with Gasteiger partial charge >= 0.3 is 0 Å². The van der Waals surface area contributed by atoms with Gasteiger partial charge in [0.2, 0.25) is 0 Å². The van der Waals surface area contributed by atoms with E-state index in [1.165, 1.54) is 5.56 Å². The van der Waals surface area contributed by atoms with Crippen molar-refractivity contribution in [3.05, 3.63) is 36.2 Å². The van der Waals surface area contributed by atoms with E-state index in [1.807, 2.05) is 18.5 Å². The molecule has 0 amide bonds. The molecule has 4 nitrogen and oxygen atoms in total. The van der Waals surface area contributed by atoms with E-state index < -0.39 is 0 Å². The van der Waals surface area contributed by atoms with Crippen LogP contribution in [-0.2, 0) is 13.1 Å². The maximum atomic E-state index is 5.44. The molecular formula is C16H23N3O. The summed E-state index contributed by atoms with van der Waals surface area (Å²) in [5.41, 5.74) is 2.30. The van der Waals surface area contributed by atoms with Crippen molar-refractivity contribution < 1.29 is 4.74 Å². The van der Waals surface area contributed by atoms with Crippen molar-refractivity contribution >= 4 is 0 Å². The van der Waals surface area contributed by atoms with Crippen LogP contribution in [0.5, 0.6) is 5.75 Å². The SMILES string of the molecule is CCCNCc1cc(-c2nccn2CC)ccc1OC. The molecule has 0 radical (unpaired) electrons. The minimum absolute atomic E-state index is 0.817. The first kappa shape index (κ1) is 14.6. The van der Waals surface area contributed by atoms with Crippen molar-refractivity contribution in [2.24, 2.45) is 0 Å². The van der Waals surface area contributed by atoms with Gasteiger partial charge in [0.25, 0.3) is 0 Å². The summed E-state index contributed by atoms with van der Waals surface area (Å²) < 4.78 is 7.58. The van der Waals surface area contributed by atoms with Crippen LogP contribution in [0.2, 0.25) is 0 Å². The number of nitrogens with one attached hydrogen (secondary N) is 1. The van der Waals surface area contributed by atoms with E-state index >= 15 is 0 Å². The Balaban J connectivity index is 2.29. The van der Waals surface area contributed by atoms with Gasteiger partial charge in [-0.05, 0) is 38.1 Å². The largest absolute Gasteiger partial charge is 0.496 e. The molecule has 108 valence electrons. The zero-order valence-electron chi connectivity index (χ0n) is 12.5. The van der Waals surface area contributed by atoms with Crippen molar-refractivity contribution in [3.8, 4) is 17.1 Å². The van der Waals surface area contributed by atoms with Gasteiger partial charge in [0.1, 0.15) is 11.6 Å². The summed E-state index contributed by atoms with van der Waals surface area (Å²) in [5.74, 6) is 1.93. The molecule has 1 N–H and O–H groups in total. The lowest BCUT2D eigenvalue weighted by atomic mass is 10.1. The van der Waals surface area contributed by atoms with Gasteiger partial charge in [-0.25, -0.2) is 4.98 Å². The van der Waals surface area contributed by atoms with E-state index in [0.29, 0.717) is 0 Å². The maximum Gasteiger partial charge on any atom is 0.139 e. The topological polar surface area (TPSA) is 39.1 Å². The number of hydrogen-bond acceptors (Lipinski definition) is 3. The number of nitrogens with zero attached hydrogens (tertiary/aromatic N) is 2. The van der Waals surface area contributed by atoms with Crippen molar-refractivity contribution in [3.63, 3.8) is 0 Å². The monoisotopic (exact) mass is 273 g/mol. The summed E-state index contributed by atoms with van der Waals surface area (Å²) >= 11 is 0. The first-order chi connectivity index (χ1) is 9.80. The zero-order chi connectivity index (χ0) is 14.4. The van der Waals surface area contributed by atoms with E-state index in [-0.39, 0.29) is 0 Å². The van der Waals surface area contributed by atoms with Gasteiger partial charge < -0.3 is 14.6 Å². The first-order valence-corrected chi connectivity index (χ1v) is 7.19. The summed E-state index contributed by atoms with van der Waals surface area (Å²) in [7, 11) is 1.71. The Hall–Kier alpha value is -1.81. The van der Waals surface area contributed by atoms with Crippen LogP contribution in [0.25, 0.3) is 11.4 Å². The highest BCUT2D eigenvalue weighted by Gasteiger charge is 2.09. The van der Waals surface area contributed by atoms with E-state index in [1.54, 1.807) is 7.11 Å². The van der Waals surface area contributed by atoms with E-state index in [0.717, 1.165) is 43.2 Å². The van der Waals surface area contributed by atoms with Crippen molar-refractivity contribution in [2.45, 2.75) is 33.4 Å². The number of aromatic nitrogens is 2. The summed E-state index contributed by atoms with van der Waals surface area (Å²) in [4.78, 5) is 4.45. The Morgan fingerprint density at radius 1 is 1.30 bits per heavy atom. The van der Waals surface area contributed by atoms with E-state index in [4.69, 9.17) is 4.74 Å². The Morgan fingerprint density at radius 3 is 2.85 bits per heavy atom. The molecule has 0 spiro atoms. The van der Waals surface area contributed by atoms with E-state index in [2.05, 4.69) is 40.8 Å². The quantitative estimate of drug-likeness (QED) is 0.788. The molecule has 0 fully saturated rings. The van der Waals surface area contributed by atoms with Crippen LogP contribution in [-0.4, -0.2) is 23.2 Å². The molecule has 2 rings (SSSR count). The molecule has 1 aromatic heterocycles. The molecule has 0 aliphatic heterocycles. The predicted molar refractivity (Wildman–Crippen MR) is 81.9 cm³/mol. The average Bonchev–Trinajstić information content (AvgIpc) is 2.96. The number of ether oxygens (including phenoxy) is 1. The first-order valence-electron chi connectivity index (χ1n) is 7.19. The molecule has 0 aliphatic rings. The molecule has 0 atom stereocenters. The van der Waals surface area contributed by atoms with Crippen LogP contribution in [0.4, 0.5) is 0 Å². The van der Waals surface area contributed by atoms with Crippen LogP contribution in [0.15, 0.2) is 30.6 Å². The number of methoxy groups -OCH3 is 1. The number of benzene rings is 1. The zero-order valence-corrected chi connectivity index (χ0v) is 12.5. The van der Waals surface area contributed by atoms with Gasteiger partial charge in [-0.2, -0.15) is 0 Å². The maximum absolute atomic E-state index is 5.44. The lowest BCUT2D eigenvalue weighted by Gasteiger charge is -2.12. The molecule has 20 heavy (non-hydrogen) atoms. The molecule has 2 aromatic rings. The lowest BCUT2D eigenvalue weighted by molar-refractivity contribution is 0.408. The highest BCUT2D eigenvalue weighted by Crippen LogP contribution is 2.25. The van der Waals surface area contributed by atoms with Gasteiger partial charge in [0.05, 0.1) is 7.11 Å². The van der Waals surface area contributed by atoms with Gasteiger partial charge in [-0.1, -0.05) is 6.92 Å². The Kier molecular flexibility index (Phi) is 5.18.